The lowest BCUT2D eigenvalue weighted by Gasteiger charge is -2.27. The van der Waals surface area contributed by atoms with E-state index in [4.69, 9.17) is 4.74 Å². The summed E-state index contributed by atoms with van der Waals surface area (Å²) in [6, 6.07) is -2.00. The Morgan fingerprint density at radius 2 is 1.93 bits per heavy atom. The molecule has 1 aliphatic rings. The second kappa shape index (κ2) is 14.1. The molecule has 0 bridgehead atoms. The zero-order valence-electron chi connectivity index (χ0n) is 17.1. The first-order chi connectivity index (χ1) is 13.4. The molecule has 7 nitrogen and oxygen atoms in total. The summed E-state index contributed by atoms with van der Waals surface area (Å²) in [4.78, 5) is 37.7. The molecular formula is C19H34N2O5S2. The van der Waals surface area contributed by atoms with Crippen LogP contribution >= 0.6 is 23.5 Å². The number of carbonyl (C=O) groups excluding carboxylic acids is 2. The maximum absolute atomic E-state index is 12.7. The monoisotopic (exact) mass is 434 g/mol. The Bertz CT molecular complexity index is 507. The standard InChI is InChI=1S/C19H34N2O5S2/c1-4-6-10-27-11-12-28-13-15(19(25)26-5-2)20-14(3)17(22)21-9-7-8-16(21)18(23)24/h14-16,20H,4-13H2,1-3H3,(H,23,24)/t14?,15-,16-/m0/s1. The van der Waals surface area contributed by atoms with Gasteiger partial charge >= 0.3 is 11.9 Å². The average Bonchev–Trinajstić information content (AvgIpc) is 3.15. The molecule has 0 spiro atoms. The highest BCUT2D eigenvalue weighted by Crippen LogP contribution is 2.19. The number of carbonyl (C=O) groups is 3. The first-order valence-corrected chi connectivity index (χ1v) is 12.3. The van der Waals surface area contributed by atoms with E-state index in [0.29, 0.717) is 25.1 Å². The highest BCUT2D eigenvalue weighted by molar-refractivity contribution is 8.02. The third-order valence-electron chi connectivity index (χ3n) is 4.51. The molecule has 1 rings (SSSR count). The molecule has 1 amide bonds. The lowest BCUT2D eigenvalue weighted by Crippen LogP contribution is -2.54. The van der Waals surface area contributed by atoms with Crippen LogP contribution in [-0.2, 0) is 19.1 Å². The highest BCUT2D eigenvalue weighted by atomic mass is 32.2. The van der Waals surface area contributed by atoms with Crippen LogP contribution in [0.3, 0.4) is 0 Å². The van der Waals surface area contributed by atoms with E-state index in [1.54, 1.807) is 25.6 Å². The molecule has 162 valence electrons. The van der Waals surface area contributed by atoms with E-state index < -0.39 is 24.1 Å². The quantitative estimate of drug-likeness (QED) is 0.317. The number of aliphatic carboxylic acids is 1. The number of carboxylic acids is 1. The molecule has 28 heavy (non-hydrogen) atoms. The zero-order valence-corrected chi connectivity index (χ0v) is 18.8. The van der Waals surface area contributed by atoms with Gasteiger partial charge in [0.2, 0.25) is 5.91 Å². The van der Waals surface area contributed by atoms with E-state index in [-0.39, 0.29) is 18.5 Å². The van der Waals surface area contributed by atoms with E-state index >= 15 is 0 Å². The molecule has 3 atom stereocenters. The number of nitrogens with zero attached hydrogens (tertiary/aromatic N) is 1. The molecule has 1 fully saturated rings. The molecule has 0 radical (unpaired) electrons. The molecule has 0 saturated carbocycles. The van der Waals surface area contributed by atoms with Crippen molar-refractivity contribution in [2.75, 3.05) is 36.2 Å². The second-order valence-corrected chi connectivity index (χ2v) is 9.14. The summed E-state index contributed by atoms with van der Waals surface area (Å²) in [5, 5.41) is 12.3. The number of hydrogen-bond donors (Lipinski definition) is 2. The third-order valence-corrected chi connectivity index (χ3v) is 6.90. The maximum atomic E-state index is 12.7. The Morgan fingerprint density at radius 1 is 1.21 bits per heavy atom. The van der Waals surface area contributed by atoms with Crippen molar-refractivity contribution in [3.63, 3.8) is 0 Å². The van der Waals surface area contributed by atoms with Crippen molar-refractivity contribution < 1.29 is 24.2 Å². The number of unbranched alkanes of at least 4 members (excludes halogenated alkanes) is 1. The summed E-state index contributed by atoms with van der Waals surface area (Å²) in [5.41, 5.74) is 0. The minimum atomic E-state index is -0.976. The summed E-state index contributed by atoms with van der Waals surface area (Å²) >= 11 is 3.57. The van der Waals surface area contributed by atoms with E-state index in [2.05, 4.69) is 12.2 Å². The van der Waals surface area contributed by atoms with Gasteiger partial charge in [-0.05, 0) is 38.9 Å². The zero-order chi connectivity index (χ0) is 20.9. The molecule has 1 unspecified atom stereocenters. The lowest BCUT2D eigenvalue weighted by atomic mass is 10.2. The second-order valence-electron chi connectivity index (χ2n) is 6.76. The number of nitrogens with one attached hydrogen (secondary N) is 1. The summed E-state index contributed by atoms with van der Waals surface area (Å²) in [7, 11) is 0. The summed E-state index contributed by atoms with van der Waals surface area (Å²) in [6.07, 6.45) is 3.57. The minimum Gasteiger partial charge on any atom is -0.480 e. The first-order valence-electron chi connectivity index (χ1n) is 10.0. The van der Waals surface area contributed by atoms with Gasteiger partial charge in [0, 0.05) is 23.8 Å². The smallest absolute Gasteiger partial charge is 0.326 e. The van der Waals surface area contributed by atoms with Crippen LogP contribution in [0.5, 0.6) is 0 Å². The van der Waals surface area contributed by atoms with Gasteiger partial charge in [-0.1, -0.05) is 13.3 Å². The molecule has 0 aliphatic carbocycles. The first kappa shape index (κ1) is 25.1. The number of thioether (sulfide) groups is 2. The highest BCUT2D eigenvalue weighted by Gasteiger charge is 2.36. The average molecular weight is 435 g/mol. The maximum Gasteiger partial charge on any atom is 0.326 e. The molecular weight excluding hydrogens is 400 g/mol. The van der Waals surface area contributed by atoms with Gasteiger partial charge in [0.25, 0.3) is 0 Å². The largest absolute Gasteiger partial charge is 0.480 e. The molecule has 0 aromatic carbocycles. The Labute approximate surface area is 176 Å². The van der Waals surface area contributed by atoms with Gasteiger partial charge in [0.1, 0.15) is 12.1 Å². The van der Waals surface area contributed by atoms with E-state index in [1.807, 2.05) is 11.8 Å². The van der Waals surface area contributed by atoms with Crippen molar-refractivity contribution >= 4 is 41.4 Å². The minimum absolute atomic E-state index is 0.278. The Morgan fingerprint density at radius 3 is 2.57 bits per heavy atom. The van der Waals surface area contributed by atoms with Crippen LogP contribution in [0.1, 0.15) is 46.5 Å². The lowest BCUT2D eigenvalue weighted by molar-refractivity contribution is -0.150. The Balaban J connectivity index is 2.53. The number of carboxylic acid groups (broad SMARTS) is 1. The fourth-order valence-corrected chi connectivity index (χ4v) is 5.28. The Hall–Kier alpha value is -0.930. The third kappa shape index (κ3) is 8.61. The molecule has 0 aromatic rings. The van der Waals surface area contributed by atoms with Crippen molar-refractivity contribution in [2.45, 2.75) is 64.6 Å². The van der Waals surface area contributed by atoms with Crippen LogP contribution in [-0.4, -0.2) is 82.1 Å². The predicted octanol–water partition coefficient (Wildman–Crippen LogP) is 2.24. The molecule has 0 aromatic heterocycles. The summed E-state index contributed by atoms with van der Waals surface area (Å²) in [6.45, 7) is 6.33. The molecule has 1 heterocycles. The number of ether oxygens (including phenoxy) is 1. The van der Waals surface area contributed by atoms with Gasteiger partial charge < -0.3 is 14.7 Å². The number of hydrogen-bond acceptors (Lipinski definition) is 7. The fourth-order valence-electron chi connectivity index (χ4n) is 3.00. The van der Waals surface area contributed by atoms with Crippen LogP contribution in [0.4, 0.5) is 0 Å². The number of esters is 1. The van der Waals surface area contributed by atoms with Crippen LogP contribution in [0.15, 0.2) is 0 Å². The predicted molar refractivity (Wildman–Crippen MR) is 115 cm³/mol. The SMILES string of the molecule is CCCCSCCSC[C@H](NC(C)C(=O)N1CCC[C@H]1C(=O)O)C(=O)OCC. The van der Waals surface area contributed by atoms with E-state index in [1.165, 1.54) is 17.7 Å². The van der Waals surface area contributed by atoms with Crippen LogP contribution in [0.2, 0.25) is 0 Å². The Kier molecular flexibility index (Phi) is 12.7. The van der Waals surface area contributed by atoms with Gasteiger partial charge in [-0.2, -0.15) is 23.5 Å². The molecule has 1 saturated heterocycles. The molecule has 2 N–H and O–H groups in total. The van der Waals surface area contributed by atoms with Crippen molar-refractivity contribution in [3.8, 4) is 0 Å². The van der Waals surface area contributed by atoms with Gasteiger partial charge in [0.15, 0.2) is 0 Å². The van der Waals surface area contributed by atoms with Crippen molar-refractivity contribution in [2.24, 2.45) is 0 Å². The van der Waals surface area contributed by atoms with Crippen molar-refractivity contribution in [1.29, 1.82) is 0 Å². The van der Waals surface area contributed by atoms with Gasteiger partial charge in [-0.15, -0.1) is 0 Å². The van der Waals surface area contributed by atoms with Gasteiger partial charge in [0.05, 0.1) is 12.6 Å². The van der Waals surface area contributed by atoms with E-state index in [9.17, 15) is 19.5 Å². The van der Waals surface area contributed by atoms with E-state index in [0.717, 1.165) is 17.3 Å². The number of likely N-dealkylation sites (tertiary alicyclic amines) is 1. The van der Waals surface area contributed by atoms with Crippen molar-refractivity contribution in [3.05, 3.63) is 0 Å². The topological polar surface area (TPSA) is 95.9 Å². The van der Waals surface area contributed by atoms with Crippen LogP contribution in [0.25, 0.3) is 0 Å². The van der Waals surface area contributed by atoms with Gasteiger partial charge in [-0.25, -0.2) is 4.79 Å². The summed E-state index contributed by atoms with van der Waals surface area (Å²) < 4.78 is 5.14. The van der Waals surface area contributed by atoms with Gasteiger partial charge in [-0.3, -0.25) is 14.9 Å². The summed E-state index contributed by atoms with van der Waals surface area (Å²) in [5.74, 6) is 2.01. The normalized spacial score (nSPS) is 18.7. The molecule has 1 aliphatic heterocycles. The van der Waals surface area contributed by atoms with Crippen LogP contribution < -0.4 is 5.32 Å². The number of rotatable bonds is 14. The number of amides is 1. The fraction of sp³-hybridized carbons (Fsp3) is 0.842. The molecule has 9 heteroatoms. The van der Waals surface area contributed by atoms with Crippen molar-refractivity contribution in [1.82, 2.24) is 10.2 Å². The van der Waals surface area contributed by atoms with Crippen LogP contribution in [0, 0.1) is 0 Å².